The molecule has 0 radical (unpaired) electrons. The summed E-state index contributed by atoms with van der Waals surface area (Å²) in [4.78, 5) is 14.4. The van der Waals surface area contributed by atoms with Crippen molar-refractivity contribution in [1.29, 1.82) is 0 Å². The van der Waals surface area contributed by atoms with Crippen molar-refractivity contribution < 1.29 is 4.79 Å². The first-order valence-electron chi connectivity index (χ1n) is 3.61. The standard InChI is InChI=1S/C6H11N5O/c1-7-6(12)9-2-3-11-5-8-4-10-11/h4-5H,2-3H2,1H3,(H2,7,9,12). The molecule has 2 amide bonds. The average molecular weight is 169 g/mol. The summed E-state index contributed by atoms with van der Waals surface area (Å²) in [7, 11) is 1.57. The fourth-order valence-electron chi connectivity index (χ4n) is 0.721. The summed E-state index contributed by atoms with van der Waals surface area (Å²) >= 11 is 0. The lowest BCUT2D eigenvalue weighted by molar-refractivity contribution is 0.242. The molecule has 0 atom stereocenters. The number of nitrogens with one attached hydrogen (secondary N) is 2. The highest BCUT2D eigenvalue weighted by Gasteiger charge is 1.94. The fraction of sp³-hybridized carbons (Fsp3) is 0.500. The highest BCUT2D eigenvalue weighted by Crippen LogP contribution is 1.77. The lowest BCUT2D eigenvalue weighted by Gasteiger charge is -2.02. The van der Waals surface area contributed by atoms with Crippen molar-refractivity contribution in [3.63, 3.8) is 0 Å². The Morgan fingerprint density at radius 2 is 2.50 bits per heavy atom. The third kappa shape index (κ3) is 2.57. The molecule has 0 aliphatic heterocycles. The molecule has 0 saturated carbocycles. The minimum atomic E-state index is -0.185. The van der Waals surface area contributed by atoms with Crippen LogP contribution >= 0.6 is 0 Å². The van der Waals surface area contributed by atoms with Crippen LogP contribution < -0.4 is 10.6 Å². The molecule has 6 nitrogen and oxygen atoms in total. The number of carbonyl (C=O) groups excluding carboxylic acids is 1. The minimum absolute atomic E-state index is 0.185. The van der Waals surface area contributed by atoms with Gasteiger partial charge in [0.1, 0.15) is 12.7 Å². The Hall–Kier alpha value is -1.59. The zero-order chi connectivity index (χ0) is 8.81. The molecule has 0 unspecified atom stereocenters. The van der Waals surface area contributed by atoms with Crippen molar-refractivity contribution in [2.75, 3.05) is 13.6 Å². The molecule has 1 heterocycles. The van der Waals surface area contributed by atoms with Crippen LogP contribution in [0.15, 0.2) is 12.7 Å². The van der Waals surface area contributed by atoms with E-state index in [1.807, 2.05) is 0 Å². The Morgan fingerprint density at radius 3 is 3.08 bits per heavy atom. The summed E-state index contributed by atoms with van der Waals surface area (Å²) in [5.74, 6) is 0. The summed E-state index contributed by atoms with van der Waals surface area (Å²) in [5, 5.41) is 8.95. The molecule has 0 aromatic carbocycles. The van der Waals surface area contributed by atoms with E-state index in [2.05, 4.69) is 20.7 Å². The number of amides is 2. The highest BCUT2D eigenvalue weighted by molar-refractivity contribution is 5.73. The second-order valence-electron chi connectivity index (χ2n) is 2.16. The van der Waals surface area contributed by atoms with E-state index in [0.29, 0.717) is 13.1 Å². The molecule has 0 bridgehead atoms. The van der Waals surface area contributed by atoms with Crippen LogP contribution in [-0.4, -0.2) is 34.4 Å². The number of aromatic nitrogens is 3. The fourth-order valence-corrected chi connectivity index (χ4v) is 0.721. The quantitative estimate of drug-likeness (QED) is 0.622. The van der Waals surface area contributed by atoms with Crippen molar-refractivity contribution in [2.24, 2.45) is 0 Å². The number of rotatable bonds is 3. The maximum Gasteiger partial charge on any atom is 0.314 e. The first-order valence-corrected chi connectivity index (χ1v) is 3.61. The molecule has 0 aliphatic rings. The third-order valence-electron chi connectivity index (χ3n) is 1.32. The first kappa shape index (κ1) is 8.51. The second kappa shape index (κ2) is 4.32. The van der Waals surface area contributed by atoms with E-state index < -0.39 is 0 Å². The Bertz CT molecular complexity index is 232. The number of urea groups is 1. The number of nitrogens with zero attached hydrogens (tertiary/aromatic N) is 3. The van der Waals surface area contributed by atoms with Gasteiger partial charge in [0.15, 0.2) is 0 Å². The topological polar surface area (TPSA) is 71.8 Å². The van der Waals surface area contributed by atoms with Gasteiger partial charge in [0.25, 0.3) is 0 Å². The summed E-state index contributed by atoms with van der Waals surface area (Å²) in [6, 6.07) is -0.185. The molecule has 0 fully saturated rings. The summed E-state index contributed by atoms with van der Waals surface area (Å²) in [6.07, 6.45) is 3.06. The summed E-state index contributed by atoms with van der Waals surface area (Å²) in [6.45, 7) is 1.18. The minimum Gasteiger partial charge on any atom is -0.341 e. The lowest BCUT2D eigenvalue weighted by Crippen LogP contribution is -2.34. The van der Waals surface area contributed by atoms with Gasteiger partial charge in [-0.1, -0.05) is 0 Å². The average Bonchev–Trinajstić information content (AvgIpc) is 2.57. The predicted octanol–water partition coefficient (Wildman–Crippen LogP) is -0.793. The SMILES string of the molecule is CNC(=O)NCCn1cncn1. The van der Waals surface area contributed by atoms with E-state index in [1.54, 1.807) is 18.1 Å². The van der Waals surface area contributed by atoms with Crippen molar-refractivity contribution >= 4 is 6.03 Å². The Kier molecular flexibility index (Phi) is 3.06. The van der Waals surface area contributed by atoms with Crippen LogP contribution in [0.25, 0.3) is 0 Å². The van der Waals surface area contributed by atoms with Crippen molar-refractivity contribution in [1.82, 2.24) is 25.4 Å². The van der Waals surface area contributed by atoms with Crippen LogP contribution in [0.4, 0.5) is 4.79 Å². The number of hydrogen-bond donors (Lipinski definition) is 2. The summed E-state index contributed by atoms with van der Waals surface area (Å²) in [5.41, 5.74) is 0. The van der Waals surface area contributed by atoms with Crippen molar-refractivity contribution in [2.45, 2.75) is 6.54 Å². The van der Waals surface area contributed by atoms with Crippen LogP contribution in [0.3, 0.4) is 0 Å². The second-order valence-corrected chi connectivity index (χ2v) is 2.16. The molecule has 0 spiro atoms. The monoisotopic (exact) mass is 169 g/mol. The van der Waals surface area contributed by atoms with Gasteiger partial charge >= 0.3 is 6.03 Å². The maximum absolute atomic E-state index is 10.7. The maximum atomic E-state index is 10.7. The van der Waals surface area contributed by atoms with E-state index in [-0.39, 0.29) is 6.03 Å². The van der Waals surface area contributed by atoms with Crippen LogP contribution in [0, 0.1) is 0 Å². The van der Waals surface area contributed by atoms with Crippen molar-refractivity contribution in [3.05, 3.63) is 12.7 Å². The zero-order valence-electron chi connectivity index (χ0n) is 6.82. The normalized spacial score (nSPS) is 9.42. The molecule has 2 N–H and O–H groups in total. The van der Waals surface area contributed by atoms with Gasteiger partial charge < -0.3 is 10.6 Å². The van der Waals surface area contributed by atoms with E-state index in [9.17, 15) is 4.79 Å². The largest absolute Gasteiger partial charge is 0.341 e. The van der Waals surface area contributed by atoms with Crippen LogP contribution in [0.2, 0.25) is 0 Å². The molecule has 1 rings (SSSR count). The van der Waals surface area contributed by atoms with E-state index in [1.165, 1.54) is 6.33 Å². The van der Waals surface area contributed by atoms with Gasteiger partial charge in [0.2, 0.25) is 0 Å². The number of hydrogen-bond acceptors (Lipinski definition) is 3. The first-order chi connectivity index (χ1) is 5.83. The van der Waals surface area contributed by atoms with Crippen molar-refractivity contribution in [3.8, 4) is 0 Å². The van der Waals surface area contributed by atoms with E-state index in [0.717, 1.165) is 0 Å². The van der Waals surface area contributed by atoms with Gasteiger partial charge in [-0.15, -0.1) is 0 Å². The molecule has 0 saturated heterocycles. The molecule has 0 aliphatic carbocycles. The summed E-state index contributed by atoms with van der Waals surface area (Å²) < 4.78 is 1.65. The molecular weight excluding hydrogens is 158 g/mol. The van der Waals surface area contributed by atoms with Gasteiger partial charge in [-0.2, -0.15) is 5.10 Å². The molecule has 66 valence electrons. The van der Waals surface area contributed by atoms with Gasteiger partial charge in [-0.25, -0.2) is 9.78 Å². The van der Waals surface area contributed by atoms with E-state index >= 15 is 0 Å². The highest BCUT2D eigenvalue weighted by atomic mass is 16.2. The third-order valence-corrected chi connectivity index (χ3v) is 1.32. The van der Waals surface area contributed by atoms with Gasteiger partial charge in [-0.05, 0) is 0 Å². The van der Waals surface area contributed by atoms with E-state index in [4.69, 9.17) is 0 Å². The smallest absolute Gasteiger partial charge is 0.314 e. The Labute approximate surface area is 70.0 Å². The van der Waals surface area contributed by atoms with Gasteiger partial charge in [-0.3, -0.25) is 4.68 Å². The lowest BCUT2D eigenvalue weighted by atomic mass is 10.6. The molecule has 1 aromatic rings. The Balaban J connectivity index is 2.15. The van der Waals surface area contributed by atoms with Crippen LogP contribution in [-0.2, 0) is 6.54 Å². The zero-order valence-corrected chi connectivity index (χ0v) is 6.82. The predicted molar refractivity (Wildman–Crippen MR) is 42.5 cm³/mol. The molecular formula is C6H11N5O. The van der Waals surface area contributed by atoms with Crippen LogP contribution in [0.5, 0.6) is 0 Å². The molecule has 1 aromatic heterocycles. The van der Waals surface area contributed by atoms with Crippen LogP contribution in [0.1, 0.15) is 0 Å². The van der Waals surface area contributed by atoms with Gasteiger partial charge in [0.05, 0.1) is 6.54 Å². The molecule has 6 heteroatoms. The number of carbonyl (C=O) groups is 1. The van der Waals surface area contributed by atoms with Gasteiger partial charge in [0, 0.05) is 13.6 Å². The Morgan fingerprint density at radius 1 is 1.67 bits per heavy atom. The molecule has 12 heavy (non-hydrogen) atoms.